The summed E-state index contributed by atoms with van der Waals surface area (Å²) in [4.78, 5) is 27.2. The van der Waals surface area contributed by atoms with Crippen LogP contribution in [0.4, 0.5) is 0 Å². The number of carbonyl (C=O) groups is 1. The van der Waals surface area contributed by atoms with E-state index in [4.69, 9.17) is 4.74 Å². The van der Waals surface area contributed by atoms with E-state index in [1.807, 2.05) is 43.3 Å². The first-order chi connectivity index (χ1) is 11.6. The number of rotatable bonds is 4. The fourth-order valence-corrected chi connectivity index (χ4v) is 2.71. The summed E-state index contributed by atoms with van der Waals surface area (Å²) in [5, 5.41) is 4.18. The number of aromatic nitrogens is 1. The van der Waals surface area contributed by atoms with Crippen LogP contribution in [0.2, 0.25) is 0 Å². The summed E-state index contributed by atoms with van der Waals surface area (Å²) in [5.41, 5.74) is 0.833. The zero-order valence-electron chi connectivity index (χ0n) is 13.5. The van der Waals surface area contributed by atoms with Crippen LogP contribution >= 0.6 is 0 Å². The van der Waals surface area contributed by atoms with Gasteiger partial charge in [-0.15, -0.1) is 0 Å². The van der Waals surface area contributed by atoms with Crippen molar-refractivity contribution in [3.05, 3.63) is 76.2 Å². The molecule has 3 rings (SSSR count). The number of benzene rings is 2. The average Bonchev–Trinajstić information content (AvgIpc) is 2.61. The first kappa shape index (κ1) is 15.8. The van der Waals surface area contributed by atoms with E-state index in [0.29, 0.717) is 11.1 Å². The molecule has 0 bridgehead atoms. The maximum atomic E-state index is 12.5. The standard InChI is InChI=1S/C19H18N2O3/c1-12(14-8-5-6-10-17(14)24-2)20-19(23)16-11-13-7-3-4-9-15(13)18(22)21-16/h3-12H,1-2H3,(H,20,23)(H,21,22)/t12-/m1/s1. The fraction of sp³-hybridized carbons (Fsp3) is 0.158. The Morgan fingerprint density at radius 1 is 1.12 bits per heavy atom. The topological polar surface area (TPSA) is 71.2 Å². The summed E-state index contributed by atoms with van der Waals surface area (Å²) in [6, 6.07) is 16.1. The van der Waals surface area contributed by atoms with Gasteiger partial charge < -0.3 is 15.0 Å². The SMILES string of the molecule is COc1ccccc1[C@@H](C)NC(=O)c1cc2ccccc2c(=O)[nH]1. The van der Waals surface area contributed by atoms with Gasteiger partial charge in [-0.25, -0.2) is 0 Å². The highest BCUT2D eigenvalue weighted by atomic mass is 16.5. The van der Waals surface area contributed by atoms with Gasteiger partial charge in [0.1, 0.15) is 11.4 Å². The normalized spacial score (nSPS) is 11.9. The molecular formula is C19H18N2O3. The Balaban J connectivity index is 1.88. The molecule has 0 aliphatic rings. The van der Waals surface area contributed by atoms with Crippen molar-refractivity contribution in [2.45, 2.75) is 13.0 Å². The van der Waals surface area contributed by atoms with Crippen molar-refractivity contribution in [2.24, 2.45) is 0 Å². The summed E-state index contributed by atoms with van der Waals surface area (Å²) in [6.45, 7) is 1.87. The maximum Gasteiger partial charge on any atom is 0.268 e. The van der Waals surface area contributed by atoms with E-state index in [1.54, 1.807) is 25.3 Å². The predicted octanol–water partition coefficient (Wildman–Crippen LogP) is 3.03. The lowest BCUT2D eigenvalue weighted by molar-refractivity contribution is 0.0934. The zero-order chi connectivity index (χ0) is 17.1. The first-order valence-corrected chi connectivity index (χ1v) is 7.66. The van der Waals surface area contributed by atoms with Crippen molar-refractivity contribution >= 4 is 16.7 Å². The Kier molecular flexibility index (Phi) is 4.33. The number of H-pyrrole nitrogens is 1. The van der Waals surface area contributed by atoms with Crippen LogP contribution in [0.5, 0.6) is 5.75 Å². The van der Waals surface area contributed by atoms with Gasteiger partial charge in [-0.3, -0.25) is 9.59 Å². The third-order valence-electron chi connectivity index (χ3n) is 3.95. The molecular weight excluding hydrogens is 304 g/mol. The lowest BCUT2D eigenvalue weighted by Crippen LogP contribution is -2.29. The molecule has 3 aromatic rings. The van der Waals surface area contributed by atoms with Gasteiger partial charge in [0.2, 0.25) is 0 Å². The van der Waals surface area contributed by atoms with E-state index in [9.17, 15) is 9.59 Å². The largest absolute Gasteiger partial charge is 0.496 e. The third-order valence-corrected chi connectivity index (χ3v) is 3.95. The summed E-state index contributed by atoms with van der Waals surface area (Å²) >= 11 is 0. The monoisotopic (exact) mass is 322 g/mol. The van der Waals surface area contributed by atoms with E-state index in [1.165, 1.54) is 0 Å². The Morgan fingerprint density at radius 2 is 1.83 bits per heavy atom. The highest BCUT2D eigenvalue weighted by Gasteiger charge is 2.16. The Bertz CT molecular complexity index is 946. The number of methoxy groups -OCH3 is 1. The Labute approximate surface area is 139 Å². The minimum atomic E-state index is -0.337. The molecule has 0 spiro atoms. The second kappa shape index (κ2) is 6.58. The van der Waals surface area contributed by atoms with Crippen LogP contribution in [0, 0.1) is 0 Å². The van der Waals surface area contributed by atoms with Crippen molar-refractivity contribution < 1.29 is 9.53 Å². The predicted molar refractivity (Wildman–Crippen MR) is 93.4 cm³/mol. The number of pyridine rings is 1. The van der Waals surface area contributed by atoms with Crippen molar-refractivity contribution in [1.82, 2.24) is 10.3 Å². The van der Waals surface area contributed by atoms with Gasteiger partial charge in [0.25, 0.3) is 11.5 Å². The quantitative estimate of drug-likeness (QED) is 0.775. The fourth-order valence-electron chi connectivity index (χ4n) is 2.71. The van der Waals surface area contributed by atoms with Crippen LogP contribution in [-0.2, 0) is 0 Å². The van der Waals surface area contributed by atoms with E-state index >= 15 is 0 Å². The molecule has 5 nitrogen and oxygen atoms in total. The number of carbonyl (C=O) groups excluding carboxylic acids is 1. The number of nitrogens with one attached hydrogen (secondary N) is 2. The number of fused-ring (bicyclic) bond motifs is 1. The molecule has 1 atom stereocenters. The number of ether oxygens (including phenoxy) is 1. The Morgan fingerprint density at radius 3 is 2.62 bits per heavy atom. The van der Waals surface area contributed by atoms with Gasteiger partial charge in [0.05, 0.1) is 13.2 Å². The van der Waals surface area contributed by atoms with Crippen LogP contribution < -0.4 is 15.6 Å². The van der Waals surface area contributed by atoms with Crippen molar-refractivity contribution in [3.63, 3.8) is 0 Å². The van der Waals surface area contributed by atoms with Crippen LogP contribution in [-0.4, -0.2) is 18.0 Å². The summed E-state index contributed by atoms with van der Waals surface area (Å²) < 4.78 is 5.32. The average molecular weight is 322 g/mol. The number of amides is 1. The van der Waals surface area contributed by atoms with Gasteiger partial charge in [-0.05, 0) is 30.5 Å². The first-order valence-electron chi connectivity index (χ1n) is 7.66. The highest BCUT2D eigenvalue weighted by molar-refractivity contribution is 5.96. The second-order valence-corrected chi connectivity index (χ2v) is 5.54. The molecule has 0 saturated heterocycles. The molecule has 1 amide bonds. The summed E-state index contributed by atoms with van der Waals surface area (Å²) in [7, 11) is 1.59. The minimum absolute atomic E-state index is 0.237. The minimum Gasteiger partial charge on any atom is -0.496 e. The third kappa shape index (κ3) is 3.01. The molecule has 122 valence electrons. The number of hydrogen-bond donors (Lipinski definition) is 2. The van der Waals surface area contributed by atoms with Gasteiger partial charge in [-0.2, -0.15) is 0 Å². The van der Waals surface area contributed by atoms with Crippen molar-refractivity contribution in [2.75, 3.05) is 7.11 Å². The van der Waals surface area contributed by atoms with Gasteiger partial charge in [0.15, 0.2) is 0 Å². The second-order valence-electron chi connectivity index (χ2n) is 5.54. The van der Waals surface area contributed by atoms with Crippen LogP contribution in [0.3, 0.4) is 0 Å². The number of para-hydroxylation sites is 1. The molecule has 0 radical (unpaired) electrons. The van der Waals surface area contributed by atoms with Crippen LogP contribution in [0.1, 0.15) is 29.0 Å². The van der Waals surface area contributed by atoms with Gasteiger partial charge in [0, 0.05) is 10.9 Å². The van der Waals surface area contributed by atoms with E-state index in [2.05, 4.69) is 10.3 Å². The molecule has 1 aromatic heterocycles. The molecule has 5 heteroatoms. The molecule has 0 saturated carbocycles. The molecule has 0 fully saturated rings. The van der Waals surface area contributed by atoms with Crippen molar-refractivity contribution in [1.29, 1.82) is 0 Å². The molecule has 0 unspecified atom stereocenters. The number of aromatic amines is 1. The summed E-state index contributed by atoms with van der Waals surface area (Å²) in [6.07, 6.45) is 0. The molecule has 2 aromatic carbocycles. The van der Waals surface area contributed by atoms with E-state index in [0.717, 1.165) is 10.9 Å². The molecule has 0 aliphatic carbocycles. The summed E-state index contributed by atoms with van der Waals surface area (Å²) in [5.74, 6) is 0.369. The van der Waals surface area contributed by atoms with E-state index in [-0.39, 0.29) is 23.2 Å². The van der Waals surface area contributed by atoms with Crippen LogP contribution in [0.15, 0.2) is 59.4 Å². The smallest absolute Gasteiger partial charge is 0.268 e. The van der Waals surface area contributed by atoms with Crippen molar-refractivity contribution in [3.8, 4) is 5.75 Å². The highest BCUT2D eigenvalue weighted by Crippen LogP contribution is 2.24. The Hall–Kier alpha value is -3.08. The molecule has 1 heterocycles. The van der Waals surface area contributed by atoms with Crippen LogP contribution in [0.25, 0.3) is 10.8 Å². The van der Waals surface area contributed by atoms with E-state index < -0.39 is 0 Å². The molecule has 24 heavy (non-hydrogen) atoms. The van der Waals surface area contributed by atoms with Gasteiger partial charge >= 0.3 is 0 Å². The lowest BCUT2D eigenvalue weighted by atomic mass is 10.1. The lowest BCUT2D eigenvalue weighted by Gasteiger charge is -2.17. The maximum absolute atomic E-state index is 12.5. The van der Waals surface area contributed by atoms with Gasteiger partial charge in [-0.1, -0.05) is 36.4 Å². The molecule has 0 aliphatic heterocycles. The zero-order valence-corrected chi connectivity index (χ0v) is 13.5. The molecule has 2 N–H and O–H groups in total. The number of hydrogen-bond acceptors (Lipinski definition) is 3.